The molecule has 2 aromatic heterocycles. The van der Waals surface area contributed by atoms with Crippen molar-refractivity contribution in [3.8, 4) is 11.3 Å². The molecule has 0 fully saturated rings. The van der Waals surface area contributed by atoms with Gasteiger partial charge in [-0.05, 0) is 12.1 Å². The standard InChI is InChI=1S/C15H15N3/c1-17(2)13-8-9-18-11-16-15(14(18)10-13)12-6-4-3-5-7-12/h3-11H,1-2H3. The van der Waals surface area contributed by atoms with Crippen molar-refractivity contribution in [3.05, 3.63) is 55.0 Å². The van der Waals surface area contributed by atoms with Gasteiger partial charge >= 0.3 is 0 Å². The Morgan fingerprint density at radius 3 is 2.56 bits per heavy atom. The zero-order chi connectivity index (χ0) is 12.5. The fourth-order valence-corrected chi connectivity index (χ4v) is 2.07. The number of nitrogens with zero attached hydrogens (tertiary/aromatic N) is 3. The molecule has 0 unspecified atom stereocenters. The zero-order valence-electron chi connectivity index (χ0n) is 10.5. The predicted molar refractivity (Wildman–Crippen MR) is 75.0 cm³/mol. The van der Waals surface area contributed by atoms with Crippen molar-refractivity contribution in [1.82, 2.24) is 9.38 Å². The monoisotopic (exact) mass is 237 g/mol. The van der Waals surface area contributed by atoms with Gasteiger partial charge in [0.1, 0.15) is 0 Å². The van der Waals surface area contributed by atoms with Crippen molar-refractivity contribution in [1.29, 1.82) is 0 Å². The number of pyridine rings is 1. The highest BCUT2D eigenvalue weighted by Crippen LogP contribution is 2.25. The first-order valence-corrected chi connectivity index (χ1v) is 5.95. The number of imidazole rings is 1. The number of hydrogen-bond donors (Lipinski definition) is 0. The normalized spacial score (nSPS) is 10.8. The molecular weight excluding hydrogens is 222 g/mol. The summed E-state index contributed by atoms with van der Waals surface area (Å²) in [6.45, 7) is 0. The van der Waals surface area contributed by atoms with Gasteiger partial charge < -0.3 is 9.30 Å². The smallest absolute Gasteiger partial charge is 0.0999 e. The molecule has 0 aliphatic carbocycles. The van der Waals surface area contributed by atoms with E-state index in [0.717, 1.165) is 16.8 Å². The largest absolute Gasteiger partial charge is 0.378 e. The van der Waals surface area contributed by atoms with Crippen LogP contribution in [0.5, 0.6) is 0 Å². The molecular formula is C15H15N3. The molecule has 0 amide bonds. The van der Waals surface area contributed by atoms with E-state index in [9.17, 15) is 0 Å². The zero-order valence-corrected chi connectivity index (χ0v) is 10.5. The molecule has 0 atom stereocenters. The van der Waals surface area contributed by atoms with Gasteiger partial charge in [0.2, 0.25) is 0 Å². The Balaban J connectivity index is 2.21. The lowest BCUT2D eigenvalue weighted by Gasteiger charge is -2.12. The van der Waals surface area contributed by atoms with Crippen LogP contribution in [-0.2, 0) is 0 Å². The molecule has 2 heterocycles. The number of anilines is 1. The second kappa shape index (κ2) is 4.18. The molecule has 3 rings (SSSR count). The maximum absolute atomic E-state index is 4.51. The molecule has 1 aromatic carbocycles. The Morgan fingerprint density at radius 1 is 1.06 bits per heavy atom. The van der Waals surface area contributed by atoms with Crippen LogP contribution in [0.4, 0.5) is 5.69 Å². The topological polar surface area (TPSA) is 20.5 Å². The number of hydrogen-bond acceptors (Lipinski definition) is 2. The second-order valence-electron chi connectivity index (χ2n) is 4.53. The molecule has 3 nitrogen and oxygen atoms in total. The molecule has 0 aliphatic heterocycles. The summed E-state index contributed by atoms with van der Waals surface area (Å²) in [5.74, 6) is 0. The van der Waals surface area contributed by atoms with E-state index in [1.165, 1.54) is 5.69 Å². The summed E-state index contributed by atoms with van der Waals surface area (Å²) >= 11 is 0. The van der Waals surface area contributed by atoms with Crippen LogP contribution in [0, 0.1) is 0 Å². The van der Waals surface area contributed by atoms with E-state index in [4.69, 9.17) is 0 Å². The third-order valence-electron chi connectivity index (χ3n) is 3.09. The van der Waals surface area contributed by atoms with Gasteiger partial charge in [-0.25, -0.2) is 4.98 Å². The van der Waals surface area contributed by atoms with Crippen LogP contribution in [0.2, 0.25) is 0 Å². The SMILES string of the molecule is CN(C)c1ccn2cnc(-c3ccccc3)c2c1. The molecule has 18 heavy (non-hydrogen) atoms. The van der Waals surface area contributed by atoms with Crippen LogP contribution >= 0.6 is 0 Å². The van der Waals surface area contributed by atoms with Crippen LogP contribution in [0.1, 0.15) is 0 Å². The molecule has 90 valence electrons. The minimum atomic E-state index is 1.03. The van der Waals surface area contributed by atoms with E-state index in [2.05, 4.69) is 38.6 Å². The number of fused-ring (bicyclic) bond motifs is 1. The number of rotatable bonds is 2. The summed E-state index contributed by atoms with van der Waals surface area (Å²) in [6, 6.07) is 14.5. The average Bonchev–Trinajstić information content (AvgIpc) is 2.82. The summed E-state index contributed by atoms with van der Waals surface area (Å²) in [5, 5.41) is 0. The fourth-order valence-electron chi connectivity index (χ4n) is 2.07. The van der Waals surface area contributed by atoms with E-state index < -0.39 is 0 Å². The maximum atomic E-state index is 4.51. The lowest BCUT2D eigenvalue weighted by Crippen LogP contribution is -2.08. The molecule has 3 heteroatoms. The van der Waals surface area contributed by atoms with E-state index in [-0.39, 0.29) is 0 Å². The summed E-state index contributed by atoms with van der Waals surface area (Å²) in [4.78, 5) is 6.61. The molecule has 0 radical (unpaired) electrons. The molecule has 0 saturated heterocycles. The lowest BCUT2D eigenvalue weighted by atomic mass is 10.1. The van der Waals surface area contributed by atoms with Gasteiger partial charge in [-0.15, -0.1) is 0 Å². The summed E-state index contributed by atoms with van der Waals surface area (Å²) < 4.78 is 2.05. The van der Waals surface area contributed by atoms with Crippen LogP contribution in [0.25, 0.3) is 16.8 Å². The van der Waals surface area contributed by atoms with E-state index in [1.54, 1.807) is 0 Å². The Morgan fingerprint density at radius 2 is 1.83 bits per heavy atom. The second-order valence-corrected chi connectivity index (χ2v) is 4.53. The van der Waals surface area contributed by atoms with Gasteiger partial charge in [0.05, 0.1) is 17.5 Å². The van der Waals surface area contributed by atoms with E-state index in [0.29, 0.717) is 0 Å². The summed E-state index contributed by atoms with van der Waals surface area (Å²) in [5.41, 5.74) is 4.49. The summed E-state index contributed by atoms with van der Waals surface area (Å²) in [6.07, 6.45) is 3.90. The summed E-state index contributed by atoms with van der Waals surface area (Å²) in [7, 11) is 4.09. The minimum Gasteiger partial charge on any atom is -0.378 e. The fraction of sp³-hybridized carbons (Fsp3) is 0.133. The third kappa shape index (κ3) is 1.74. The molecule has 3 aromatic rings. The average molecular weight is 237 g/mol. The van der Waals surface area contributed by atoms with Gasteiger partial charge in [-0.3, -0.25) is 0 Å². The lowest BCUT2D eigenvalue weighted by molar-refractivity contribution is 1.10. The quantitative estimate of drug-likeness (QED) is 0.682. The molecule has 0 N–H and O–H groups in total. The molecule has 0 aliphatic rings. The van der Waals surface area contributed by atoms with E-state index >= 15 is 0 Å². The number of benzene rings is 1. The number of aromatic nitrogens is 2. The van der Waals surface area contributed by atoms with Crippen molar-refractivity contribution < 1.29 is 0 Å². The minimum absolute atomic E-state index is 1.03. The van der Waals surface area contributed by atoms with Gasteiger partial charge in [0.15, 0.2) is 0 Å². The Kier molecular flexibility index (Phi) is 2.52. The van der Waals surface area contributed by atoms with Crippen molar-refractivity contribution >= 4 is 11.2 Å². The van der Waals surface area contributed by atoms with Crippen LogP contribution in [-0.4, -0.2) is 23.5 Å². The molecule has 0 saturated carbocycles. The highest BCUT2D eigenvalue weighted by atomic mass is 15.1. The van der Waals surface area contributed by atoms with Gasteiger partial charge in [0, 0.05) is 31.5 Å². The van der Waals surface area contributed by atoms with Gasteiger partial charge in [0.25, 0.3) is 0 Å². The predicted octanol–water partition coefficient (Wildman–Crippen LogP) is 3.07. The first-order chi connectivity index (χ1) is 8.75. The molecule has 0 spiro atoms. The molecule has 0 bridgehead atoms. The van der Waals surface area contributed by atoms with Crippen LogP contribution in [0.15, 0.2) is 55.0 Å². The van der Waals surface area contributed by atoms with Crippen molar-refractivity contribution in [3.63, 3.8) is 0 Å². The van der Waals surface area contributed by atoms with Crippen LogP contribution in [0.3, 0.4) is 0 Å². The maximum Gasteiger partial charge on any atom is 0.0999 e. The highest BCUT2D eigenvalue weighted by molar-refractivity contribution is 5.79. The van der Waals surface area contributed by atoms with E-state index in [1.807, 2.05) is 44.8 Å². The van der Waals surface area contributed by atoms with Crippen molar-refractivity contribution in [2.75, 3.05) is 19.0 Å². The van der Waals surface area contributed by atoms with Crippen molar-refractivity contribution in [2.45, 2.75) is 0 Å². The van der Waals surface area contributed by atoms with Crippen LogP contribution < -0.4 is 4.90 Å². The Labute approximate surface area is 106 Å². The Bertz CT molecular complexity index is 669. The van der Waals surface area contributed by atoms with Gasteiger partial charge in [-0.1, -0.05) is 30.3 Å². The first kappa shape index (κ1) is 10.8. The Hall–Kier alpha value is -2.29. The first-order valence-electron chi connectivity index (χ1n) is 5.95. The third-order valence-corrected chi connectivity index (χ3v) is 3.09. The van der Waals surface area contributed by atoms with Gasteiger partial charge in [-0.2, -0.15) is 0 Å². The van der Waals surface area contributed by atoms with Crippen molar-refractivity contribution in [2.24, 2.45) is 0 Å². The highest BCUT2D eigenvalue weighted by Gasteiger charge is 2.07.